The van der Waals surface area contributed by atoms with Crippen LogP contribution in [0.1, 0.15) is 0 Å². The van der Waals surface area contributed by atoms with E-state index in [9.17, 15) is 0 Å². The average Bonchev–Trinajstić information content (AvgIpc) is 2.80. The smallest absolute Gasteiger partial charge is 0.0921 e. The van der Waals surface area contributed by atoms with Gasteiger partial charge in [0.2, 0.25) is 0 Å². The molecule has 0 bridgehead atoms. The van der Waals surface area contributed by atoms with E-state index in [4.69, 9.17) is 0 Å². The molecule has 17 heavy (non-hydrogen) atoms. The highest BCUT2D eigenvalue weighted by molar-refractivity contribution is 5.76. The van der Waals surface area contributed by atoms with Gasteiger partial charge >= 0.3 is 0 Å². The van der Waals surface area contributed by atoms with Crippen LogP contribution in [0.3, 0.4) is 0 Å². The minimum Gasteiger partial charge on any atom is -0.376 e. The molecule has 0 N–H and O–H groups in total. The summed E-state index contributed by atoms with van der Waals surface area (Å²) in [7, 11) is 8.28. The molecule has 0 amide bonds. The molecule has 2 aromatic rings. The molecule has 1 aromatic carbocycles. The maximum Gasteiger partial charge on any atom is 0.0921 e. The lowest BCUT2D eigenvalue weighted by Crippen LogP contribution is -2.17. The first kappa shape index (κ1) is 11.6. The van der Waals surface area contributed by atoms with Gasteiger partial charge in [0.1, 0.15) is 0 Å². The SMILES string of the molecule is CN(C)c1cccc(N(C)C)c1-n1cccc1. The van der Waals surface area contributed by atoms with Crippen LogP contribution in [-0.2, 0) is 0 Å². The predicted molar refractivity (Wildman–Crippen MR) is 74.4 cm³/mol. The number of anilines is 2. The summed E-state index contributed by atoms with van der Waals surface area (Å²) in [5.41, 5.74) is 3.65. The van der Waals surface area contributed by atoms with Crippen LogP contribution in [0.25, 0.3) is 5.69 Å². The standard InChI is InChI=1S/C14H19N3/c1-15(2)12-8-7-9-13(16(3)4)14(12)17-10-5-6-11-17/h5-11H,1-4H3. The van der Waals surface area contributed by atoms with Crippen molar-refractivity contribution in [1.82, 2.24) is 4.57 Å². The predicted octanol–water partition coefficient (Wildman–Crippen LogP) is 2.61. The van der Waals surface area contributed by atoms with Crippen molar-refractivity contribution in [3.63, 3.8) is 0 Å². The van der Waals surface area contributed by atoms with Gasteiger partial charge in [0.25, 0.3) is 0 Å². The van der Waals surface area contributed by atoms with Gasteiger partial charge in [-0.25, -0.2) is 0 Å². The molecule has 0 atom stereocenters. The molecule has 0 aliphatic rings. The molecular formula is C14H19N3. The summed E-state index contributed by atoms with van der Waals surface area (Å²) >= 11 is 0. The van der Waals surface area contributed by atoms with E-state index in [0.717, 1.165) is 0 Å². The van der Waals surface area contributed by atoms with Gasteiger partial charge in [-0.15, -0.1) is 0 Å². The van der Waals surface area contributed by atoms with E-state index in [1.165, 1.54) is 17.1 Å². The summed E-state index contributed by atoms with van der Waals surface area (Å²) in [6, 6.07) is 10.5. The molecule has 1 heterocycles. The molecule has 0 aliphatic heterocycles. The number of hydrogen-bond donors (Lipinski definition) is 0. The van der Waals surface area contributed by atoms with Crippen LogP contribution in [-0.4, -0.2) is 32.8 Å². The fourth-order valence-corrected chi connectivity index (χ4v) is 1.99. The third-order valence-electron chi connectivity index (χ3n) is 2.82. The molecule has 1 aromatic heterocycles. The minimum atomic E-state index is 1.22. The fraction of sp³-hybridized carbons (Fsp3) is 0.286. The van der Waals surface area contributed by atoms with Gasteiger partial charge in [-0.2, -0.15) is 0 Å². The van der Waals surface area contributed by atoms with Gasteiger partial charge < -0.3 is 14.4 Å². The van der Waals surface area contributed by atoms with E-state index in [1.54, 1.807) is 0 Å². The number of nitrogens with zero attached hydrogens (tertiary/aromatic N) is 3. The van der Waals surface area contributed by atoms with Gasteiger partial charge in [-0.3, -0.25) is 0 Å². The molecule has 0 radical (unpaired) electrons. The molecular weight excluding hydrogens is 210 g/mol. The maximum absolute atomic E-state index is 2.16. The highest BCUT2D eigenvalue weighted by Gasteiger charge is 2.12. The van der Waals surface area contributed by atoms with Crippen LogP contribution in [0.15, 0.2) is 42.7 Å². The van der Waals surface area contributed by atoms with Crippen LogP contribution >= 0.6 is 0 Å². The second-order valence-corrected chi connectivity index (χ2v) is 4.52. The van der Waals surface area contributed by atoms with Crippen molar-refractivity contribution in [3.8, 4) is 5.69 Å². The van der Waals surface area contributed by atoms with Gasteiger partial charge in [0.15, 0.2) is 0 Å². The Morgan fingerprint density at radius 1 is 0.765 bits per heavy atom. The molecule has 0 aliphatic carbocycles. The van der Waals surface area contributed by atoms with Gasteiger partial charge in [-0.05, 0) is 24.3 Å². The molecule has 0 saturated heterocycles. The first-order valence-corrected chi connectivity index (χ1v) is 5.72. The molecule has 0 spiro atoms. The van der Waals surface area contributed by atoms with Crippen molar-refractivity contribution < 1.29 is 0 Å². The Bertz CT molecular complexity index is 458. The Kier molecular flexibility index (Phi) is 3.09. The zero-order chi connectivity index (χ0) is 12.4. The van der Waals surface area contributed by atoms with E-state index in [2.05, 4.69) is 73.2 Å². The zero-order valence-electron chi connectivity index (χ0n) is 10.9. The van der Waals surface area contributed by atoms with Gasteiger partial charge in [-0.1, -0.05) is 6.07 Å². The van der Waals surface area contributed by atoms with E-state index in [1.807, 2.05) is 12.1 Å². The lowest BCUT2D eigenvalue weighted by atomic mass is 10.2. The maximum atomic E-state index is 2.16. The monoisotopic (exact) mass is 229 g/mol. The van der Waals surface area contributed by atoms with Crippen LogP contribution in [0, 0.1) is 0 Å². The van der Waals surface area contributed by atoms with E-state index in [0.29, 0.717) is 0 Å². The Morgan fingerprint density at radius 3 is 1.65 bits per heavy atom. The molecule has 90 valence electrons. The zero-order valence-corrected chi connectivity index (χ0v) is 10.9. The highest BCUT2D eigenvalue weighted by Crippen LogP contribution is 2.32. The third-order valence-corrected chi connectivity index (χ3v) is 2.82. The van der Waals surface area contributed by atoms with Crippen molar-refractivity contribution in [3.05, 3.63) is 42.7 Å². The summed E-state index contributed by atoms with van der Waals surface area (Å²) in [5.74, 6) is 0. The highest BCUT2D eigenvalue weighted by atomic mass is 15.1. The normalized spacial score (nSPS) is 10.4. The number of para-hydroxylation sites is 1. The third kappa shape index (κ3) is 2.13. The van der Waals surface area contributed by atoms with Crippen molar-refractivity contribution in [2.45, 2.75) is 0 Å². The number of benzene rings is 1. The van der Waals surface area contributed by atoms with Crippen molar-refractivity contribution >= 4 is 11.4 Å². The molecule has 0 fully saturated rings. The van der Waals surface area contributed by atoms with Crippen molar-refractivity contribution in [2.75, 3.05) is 38.0 Å². The lowest BCUT2D eigenvalue weighted by molar-refractivity contribution is 1.01. The Balaban J connectivity index is 2.67. The average molecular weight is 229 g/mol. The molecule has 3 heteroatoms. The van der Waals surface area contributed by atoms with E-state index < -0.39 is 0 Å². The minimum absolute atomic E-state index is 1.22. The van der Waals surface area contributed by atoms with Gasteiger partial charge in [0, 0.05) is 40.6 Å². The second-order valence-electron chi connectivity index (χ2n) is 4.52. The summed E-state index contributed by atoms with van der Waals surface area (Å²) in [6.45, 7) is 0. The lowest BCUT2D eigenvalue weighted by Gasteiger charge is -2.24. The van der Waals surface area contributed by atoms with E-state index >= 15 is 0 Å². The first-order valence-electron chi connectivity index (χ1n) is 5.72. The van der Waals surface area contributed by atoms with Crippen LogP contribution in [0.2, 0.25) is 0 Å². The van der Waals surface area contributed by atoms with Crippen LogP contribution in [0.5, 0.6) is 0 Å². The van der Waals surface area contributed by atoms with Crippen LogP contribution in [0.4, 0.5) is 11.4 Å². The Morgan fingerprint density at radius 2 is 1.24 bits per heavy atom. The van der Waals surface area contributed by atoms with Crippen molar-refractivity contribution in [1.29, 1.82) is 0 Å². The van der Waals surface area contributed by atoms with Crippen LogP contribution < -0.4 is 9.80 Å². The largest absolute Gasteiger partial charge is 0.376 e. The van der Waals surface area contributed by atoms with Crippen molar-refractivity contribution in [2.24, 2.45) is 0 Å². The molecule has 0 saturated carbocycles. The number of rotatable bonds is 3. The fourth-order valence-electron chi connectivity index (χ4n) is 1.99. The summed E-state index contributed by atoms with van der Waals surface area (Å²) < 4.78 is 2.16. The topological polar surface area (TPSA) is 11.4 Å². The molecule has 2 rings (SSSR count). The summed E-state index contributed by atoms with van der Waals surface area (Å²) in [5, 5.41) is 0. The second kappa shape index (κ2) is 4.53. The number of hydrogen-bond acceptors (Lipinski definition) is 2. The molecule has 3 nitrogen and oxygen atoms in total. The number of aromatic nitrogens is 1. The molecule has 0 unspecified atom stereocenters. The quantitative estimate of drug-likeness (QED) is 0.801. The Labute approximate surface area is 103 Å². The summed E-state index contributed by atoms with van der Waals surface area (Å²) in [6.07, 6.45) is 4.16. The van der Waals surface area contributed by atoms with E-state index in [-0.39, 0.29) is 0 Å². The first-order chi connectivity index (χ1) is 8.11. The Hall–Kier alpha value is -1.90. The van der Waals surface area contributed by atoms with Gasteiger partial charge in [0.05, 0.1) is 17.1 Å². The summed E-state index contributed by atoms with van der Waals surface area (Å²) in [4.78, 5) is 4.28.